The van der Waals surface area contributed by atoms with Crippen LogP contribution in [0.2, 0.25) is 0 Å². The van der Waals surface area contributed by atoms with Crippen molar-refractivity contribution < 1.29 is 14.6 Å². The molecule has 29 heavy (non-hydrogen) atoms. The zero-order valence-electron chi connectivity index (χ0n) is 19.6. The molecule has 2 aliphatic carbocycles. The van der Waals surface area contributed by atoms with E-state index in [-0.39, 0.29) is 6.10 Å². The van der Waals surface area contributed by atoms with E-state index in [0.29, 0.717) is 31.8 Å². The molecule has 0 aromatic heterocycles. The molecule has 172 valence electrons. The first-order chi connectivity index (χ1) is 14.2. The molecule has 0 aromatic rings. The molecule has 1 N–H and O–H groups in total. The average Bonchev–Trinajstić information content (AvgIpc) is 2.75. The van der Waals surface area contributed by atoms with Crippen molar-refractivity contribution in [3.8, 4) is 0 Å². The van der Waals surface area contributed by atoms with Crippen LogP contribution in [0.1, 0.15) is 123 Å². The van der Waals surface area contributed by atoms with Gasteiger partial charge in [0.1, 0.15) is 0 Å². The first kappa shape index (κ1) is 25.1. The van der Waals surface area contributed by atoms with E-state index < -0.39 is 0 Å². The summed E-state index contributed by atoms with van der Waals surface area (Å²) in [6.07, 6.45) is 22.2. The fourth-order valence-corrected chi connectivity index (χ4v) is 5.24. The average molecular weight is 411 g/mol. The maximum Gasteiger partial charge on any atom is 0.0795 e. The van der Waals surface area contributed by atoms with E-state index in [9.17, 15) is 5.11 Å². The fourth-order valence-electron chi connectivity index (χ4n) is 5.24. The Bertz CT molecular complexity index is 370. The Morgan fingerprint density at radius 3 is 1.66 bits per heavy atom. The van der Waals surface area contributed by atoms with E-state index in [1.54, 1.807) is 0 Å². The SMILES string of the molecule is CCCCCC1CCC(OCCC(O)COC2CCC(CCCCC)CC2)CC1. The van der Waals surface area contributed by atoms with Crippen LogP contribution in [0, 0.1) is 11.8 Å². The van der Waals surface area contributed by atoms with Gasteiger partial charge < -0.3 is 14.6 Å². The number of aliphatic hydroxyl groups excluding tert-OH is 1. The van der Waals surface area contributed by atoms with Crippen molar-refractivity contribution >= 4 is 0 Å². The quantitative estimate of drug-likeness (QED) is 0.294. The number of aliphatic hydroxyl groups is 1. The maximum absolute atomic E-state index is 10.3. The lowest BCUT2D eigenvalue weighted by molar-refractivity contribution is -0.0484. The summed E-state index contributed by atoms with van der Waals surface area (Å²) in [5, 5.41) is 10.3. The molecule has 2 fully saturated rings. The molecule has 0 amide bonds. The molecule has 2 rings (SSSR count). The van der Waals surface area contributed by atoms with E-state index in [1.165, 1.54) is 103 Å². The summed E-state index contributed by atoms with van der Waals surface area (Å²) < 4.78 is 12.1. The van der Waals surface area contributed by atoms with E-state index in [4.69, 9.17) is 9.47 Å². The second-order valence-electron chi connectivity index (χ2n) is 9.92. The zero-order chi connectivity index (χ0) is 20.7. The summed E-state index contributed by atoms with van der Waals surface area (Å²) in [5.74, 6) is 1.85. The van der Waals surface area contributed by atoms with Crippen LogP contribution < -0.4 is 0 Å². The van der Waals surface area contributed by atoms with Crippen molar-refractivity contribution in [1.82, 2.24) is 0 Å². The minimum absolute atomic E-state index is 0.371. The van der Waals surface area contributed by atoms with Gasteiger partial charge in [-0.1, -0.05) is 65.2 Å². The van der Waals surface area contributed by atoms with Crippen LogP contribution in [0.4, 0.5) is 0 Å². The van der Waals surface area contributed by atoms with E-state index in [1.807, 2.05) is 0 Å². The van der Waals surface area contributed by atoms with Crippen LogP contribution in [0.25, 0.3) is 0 Å². The summed E-state index contributed by atoms with van der Waals surface area (Å²) in [5.41, 5.74) is 0. The Morgan fingerprint density at radius 2 is 1.17 bits per heavy atom. The predicted octanol–water partition coefficient (Wildman–Crippen LogP) is 7.05. The van der Waals surface area contributed by atoms with Crippen molar-refractivity contribution in [1.29, 1.82) is 0 Å². The Balaban J connectivity index is 1.44. The van der Waals surface area contributed by atoms with Crippen LogP contribution in [0.5, 0.6) is 0 Å². The highest BCUT2D eigenvalue weighted by Gasteiger charge is 2.23. The Kier molecular flexibility index (Phi) is 13.6. The second-order valence-corrected chi connectivity index (χ2v) is 9.92. The van der Waals surface area contributed by atoms with Crippen LogP contribution >= 0.6 is 0 Å². The number of ether oxygens (including phenoxy) is 2. The zero-order valence-corrected chi connectivity index (χ0v) is 19.6. The molecule has 0 spiro atoms. The van der Waals surface area contributed by atoms with Crippen LogP contribution in [-0.2, 0) is 9.47 Å². The molecule has 0 radical (unpaired) electrons. The van der Waals surface area contributed by atoms with Gasteiger partial charge in [0, 0.05) is 6.61 Å². The standard InChI is InChI=1S/C26H50O3/c1-3-5-7-9-22-11-15-25(16-12-22)28-20-19-24(27)21-29-26-17-13-23(14-18-26)10-8-6-4-2/h22-27H,3-21H2,1-2H3. The number of hydrogen-bond acceptors (Lipinski definition) is 3. The summed E-state index contributed by atoms with van der Waals surface area (Å²) >= 11 is 0. The molecule has 0 aliphatic heterocycles. The lowest BCUT2D eigenvalue weighted by Gasteiger charge is -2.30. The second kappa shape index (κ2) is 15.6. The normalized spacial score (nSPS) is 29.1. The Labute approximate surface area is 181 Å². The molecule has 1 unspecified atom stereocenters. The summed E-state index contributed by atoms with van der Waals surface area (Å²) in [7, 11) is 0. The van der Waals surface area contributed by atoms with Crippen molar-refractivity contribution in [3.63, 3.8) is 0 Å². The van der Waals surface area contributed by atoms with Crippen LogP contribution in [0.15, 0.2) is 0 Å². The molecule has 2 aliphatic rings. The van der Waals surface area contributed by atoms with Gasteiger partial charge in [-0.3, -0.25) is 0 Å². The van der Waals surface area contributed by atoms with Gasteiger partial charge >= 0.3 is 0 Å². The smallest absolute Gasteiger partial charge is 0.0795 e. The van der Waals surface area contributed by atoms with Crippen LogP contribution in [-0.4, -0.2) is 36.6 Å². The Hall–Kier alpha value is -0.120. The molecule has 3 heteroatoms. The predicted molar refractivity (Wildman–Crippen MR) is 122 cm³/mol. The molecule has 0 heterocycles. The lowest BCUT2D eigenvalue weighted by atomic mass is 9.84. The molecule has 2 saturated carbocycles. The molecular weight excluding hydrogens is 360 g/mol. The van der Waals surface area contributed by atoms with Gasteiger partial charge in [-0.2, -0.15) is 0 Å². The van der Waals surface area contributed by atoms with Crippen molar-refractivity contribution in [2.75, 3.05) is 13.2 Å². The molecule has 0 saturated heterocycles. The van der Waals surface area contributed by atoms with Crippen LogP contribution in [0.3, 0.4) is 0 Å². The van der Waals surface area contributed by atoms with Gasteiger partial charge in [-0.25, -0.2) is 0 Å². The molecule has 1 atom stereocenters. The summed E-state index contributed by atoms with van der Waals surface area (Å²) in [6.45, 7) is 5.73. The largest absolute Gasteiger partial charge is 0.391 e. The van der Waals surface area contributed by atoms with E-state index in [0.717, 1.165) is 11.8 Å². The summed E-state index contributed by atoms with van der Waals surface area (Å²) in [4.78, 5) is 0. The van der Waals surface area contributed by atoms with Crippen molar-refractivity contribution in [2.45, 2.75) is 141 Å². The minimum atomic E-state index is -0.373. The first-order valence-corrected chi connectivity index (χ1v) is 13.1. The van der Waals surface area contributed by atoms with Crippen molar-refractivity contribution in [3.05, 3.63) is 0 Å². The number of unbranched alkanes of at least 4 members (excludes halogenated alkanes) is 4. The maximum atomic E-state index is 10.3. The lowest BCUT2D eigenvalue weighted by Crippen LogP contribution is -2.28. The Morgan fingerprint density at radius 1 is 0.690 bits per heavy atom. The molecule has 0 aromatic carbocycles. The molecular formula is C26H50O3. The highest BCUT2D eigenvalue weighted by molar-refractivity contribution is 4.74. The topological polar surface area (TPSA) is 38.7 Å². The molecule has 0 bridgehead atoms. The fraction of sp³-hybridized carbons (Fsp3) is 1.00. The number of rotatable bonds is 15. The monoisotopic (exact) mass is 410 g/mol. The van der Waals surface area contributed by atoms with Gasteiger partial charge in [-0.15, -0.1) is 0 Å². The number of hydrogen-bond donors (Lipinski definition) is 1. The van der Waals surface area contributed by atoms with Gasteiger partial charge in [0.05, 0.1) is 24.9 Å². The third kappa shape index (κ3) is 11.2. The van der Waals surface area contributed by atoms with E-state index in [2.05, 4.69) is 13.8 Å². The molecule has 3 nitrogen and oxygen atoms in total. The van der Waals surface area contributed by atoms with Gasteiger partial charge in [0.25, 0.3) is 0 Å². The van der Waals surface area contributed by atoms with Gasteiger partial charge in [0.2, 0.25) is 0 Å². The summed E-state index contributed by atoms with van der Waals surface area (Å²) in [6, 6.07) is 0. The highest BCUT2D eigenvalue weighted by atomic mass is 16.5. The van der Waals surface area contributed by atoms with Crippen molar-refractivity contribution in [2.24, 2.45) is 11.8 Å². The van der Waals surface area contributed by atoms with Gasteiger partial charge in [-0.05, 0) is 69.6 Å². The first-order valence-electron chi connectivity index (χ1n) is 13.1. The third-order valence-corrected chi connectivity index (χ3v) is 7.35. The van der Waals surface area contributed by atoms with Gasteiger partial charge in [0.15, 0.2) is 0 Å². The van der Waals surface area contributed by atoms with E-state index >= 15 is 0 Å². The highest BCUT2D eigenvalue weighted by Crippen LogP contribution is 2.31. The third-order valence-electron chi connectivity index (χ3n) is 7.35. The minimum Gasteiger partial charge on any atom is -0.391 e.